The molecule has 0 saturated carbocycles. The Labute approximate surface area is 192 Å². The van der Waals surface area contributed by atoms with E-state index in [4.69, 9.17) is 9.47 Å². The number of benzene rings is 3. The van der Waals surface area contributed by atoms with Crippen LogP contribution in [0.2, 0.25) is 0 Å². The lowest BCUT2D eigenvalue weighted by Crippen LogP contribution is -3.27. The lowest BCUT2D eigenvalue weighted by Gasteiger charge is -2.30. The summed E-state index contributed by atoms with van der Waals surface area (Å²) in [5.41, 5.74) is 5.34. The molecule has 1 heterocycles. The topological polar surface area (TPSA) is 27.3 Å². The van der Waals surface area contributed by atoms with Gasteiger partial charge in [0.05, 0.1) is 7.11 Å². The van der Waals surface area contributed by atoms with Crippen molar-refractivity contribution in [3.63, 3.8) is 0 Å². The lowest BCUT2D eigenvalue weighted by molar-refractivity contribution is -1.02. The molecule has 1 fully saturated rings. The molecule has 0 unspecified atom stereocenters. The van der Waals surface area contributed by atoms with Crippen molar-refractivity contribution in [1.82, 2.24) is 0 Å². The fourth-order valence-corrected chi connectivity index (χ4v) is 4.46. The second kappa shape index (κ2) is 11.2. The number of piperazine rings is 1. The van der Waals surface area contributed by atoms with Gasteiger partial charge in [0.1, 0.15) is 45.9 Å². The molecule has 1 aliphatic rings. The zero-order valence-electron chi connectivity index (χ0n) is 19.4. The molecular weight excluding hydrogens is 396 g/mol. The molecule has 32 heavy (non-hydrogen) atoms. The first-order chi connectivity index (χ1) is 15.7. The fourth-order valence-electron chi connectivity index (χ4n) is 4.46. The van der Waals surface area contributed by atoms with Crippen molar-refractivity contribution in [2.45, 2.75) is 33.0 Å². The molecule has 4 rings (SSSR count). The summed E-state index contributed by atoms with van der Waals surface area (Å²) >= 11 is 0. The molecule has 0 aliphatic carbocycles. The summed E-state index contributed by atoms with van der Waals surface area (Å²) in [6.45, 7) is 9.78. The smallest absolute Gasteiger partial charge is 0.162 e. The van der Waals surface area contributed by atoms with E-state index in [9.17, 15) is 0 Å². The third-order valence-electron chi connectivity index (χ3n) is 6.47. The van der Waals surface area contributed by atoms with Crippen molar-refractivity contribution in [3.05, 3.63) is 95.1 Å². The van der Waals surface area contributed by atoms with Gasteiger partial charge in [-0.25, -0.2) is 0 Å². The highest BCUT2D eigenvalue weighted by molar-refractivity contribution is 5.43. The summed E-state index contributed by atoms with van der Waals surface area (Å²) in [7, 11) is 1.70. The summed E-state index contributed by atoms with van der Waals surface area (Å²) in [5.74, 6) is 1.62. The first-order valence-corrected chi connectivity index (χ1v) is 11.8. The third kappa shape index (κ3) is 6.12. The third-order valence-corrected chi connectivity index (χ3v) is 6.47. The number of methoxy groups -OCH3 is 1. The van der Waals surface area contributed by atoms with E-state index in [0.717, 1.165) is 36.6 Å². The molecule has 4 heteroatoms. The summed E-state index contributed by atoms with van der Waals surface area (Å²) in [6, 6.07) is 25.8. The molecule has 0 aromatic heterocycles. The maximum absolute atomic E-state index is 6.11. The fraction of sp³-hybridized carbons (Fsp3) is 0.357. The Morgan fingerprint density at radius 2 is 1.25 bits per heavy atom. The Bertz CT molecular complexity index is 964. The minimum absolute atomic E-state index is 0.550. The zero-order chi connectivity index (χ0) is 22.2. The number of rotatable bonds is 9. The van der Waals surface area contributed by atoms with Crippen LogP contribution in [0.5, 0.6) is 11.5 Å². The van der Waals surface area contributed by atoms with Gasteiger partial charge in [-0.1, -0.05) is 61.5 Å². The second-order valence-corrected chi connectivity index (χ2v) is 8.78. The maximum Gasteiger partial charge on any atom is 0.162 e. The van der Waals surface area contributed by atoms with E-state index in [1.807, 2.05) is 24.3 Å². The molecule has 168 valence electrons. The van der Waals surface area contributed by atoms with Crippen LogP contribution < -0.4 is 19.3 Å². The van der Waals surface area contributed by atoms with Crippen LogP contribution >= 0.6 is 0 Å². The average molecular weight is 433 g/mol. The van der Waals surface area contributed by atoms with Crippen molar-refractivity contribution >= 4 is 0 Å². The van der Waals surface area contributed by atoms with Crippen LogP contribution in [-0.2, 0) is 26.1 Å². The van der Waals surface area contributed by atoms with Crippen LogP contribution in [0.1, 0.15) is 29.2 Å². The molecule has 4 nitrogen and oxygen atoms in total. The molecule has 3 aromatic rings. The highest BCUT2D eigenvalue weighted by Gasteiger charge is 2.23. The highest BCUT2D eigenvalue weighted by atomic mass is 16.5. The van der Waals surface area contributed by atoms with Crippen LogP contribution in [0.15, 0.2) is 72.8 Å². The molecular formula is C28H36N2O2+2. The van der Waals surface area contributed by atoms with E-state index in [2.05, 4.69) is 55.5 Å². The van der Waals surface area contributed by atoms with E-state index in [0.29, 0.717) is 6.61 Å². The molecule has 0 bridgehead atoms. The summed E-state index contributed by atoms with van der Waals surface area (Å²) in [6.07, 6.45) is 1.11. The molecule has 0 amide bonds. The average Bonchev–Trinajstić information content (AvgIpc) is 2.85. The molecule has 3 aromatic carbocycles. The first kappa shape index (κ1) is 22.4. The number of quaternary nitrogens is 2. The minimum Gasteiger partial charge on any atom is -0.493 e. The Kier molecular flexibility index (Phi) is 7.81. The minimum atomic E-state index is 0.550. The monoisotopic (exact) mass is 432 g/mol. The van der Waals surface area contributed by atoms with E-state index < -0.39 is 0 Å². The van der Waals surface area contributed by atoms with Crippen molar-refractivity contribution in [2.24, 2.45) is 0 Å². The van der Waals surface area contributed by atoms with Gasteiger partial charge < -0.3 is 19.3 Å². The first-order valence-electron chi connectivity index (χ1n) is 11.8. The molecule has 1 saturated heterocycles. The molecule has 0 atom stereocenters. The van der Waals surface area contributed by atoms with Gasteiger partial charge in [0.15, 0.2) is 11.5 Å². The van der Waals surface area contributed by atoms with Gasteiger partial charge in [-0.15, -0.1) is 0 Å². The van der Waals surface area contributed by atoms with Gasteiger partial charge in [0, 0.05) is 11.1 Å². The highest BCUT2D eigenvalue weighted by Crippen LogP contribution is 2.28. The van der Waals surface area contributed by atoms with Gasteiger partial charge in [-0.05, 0) is 35.7 Å². The van der Waals surface area contributed by atoms with Crippen LogP contribution in [0.3, 0.4) is 0 Å². The normalized spacial score (nSPS) is 18.3. The van der Waals surface area contributed by atoms with Gasteiger partial charge >= 0.3 is 0 Å². The van der Waals surface area contributed by atoms with E-state index in [-0.39, 0.29) is 0 Å². The summed E-state index contributed by atoms with van der Waals surface area (Å²) in [4.78, 5) is 3.34. The largest absolute Gasteiger partial charge is 0.493 e. The molecule has 2 N–H and O–H groups in total. The molecule has 0 radical (unpaired) electrons. The van der Waals surface area contributed by atoms with Crippen molar-refractivity contribution in [3.8, 4) is 11.5 Å². The number of hydrogen-bond donors (Lipinski definition) is 2. The quantitative estimate of drug-likeness (QED) is 0.543. The predicted molar refractivity (Wildman–Crippen MR) is 128 cm³/mol. The van der Waals surface area contributed by atoms with Crippen LogP contribution in [0.4, 0.5) is 0 Å². The zero-order valence-corrected chi connectivity index (χ0v) is 19.4. The standard InChI is InChI=1S/C28H34N2O2/c1-3-23-9-11-24(12-10-23)20-29-15-17-30(18-16-29)21-26-13-14-27(31-2)28(19-26)32-22-25-7-5-4-6-8-25/h4-14,19H,3,15-18,20-22H2,1-2H3/p+2. The Balaban J connectivity index is 1.30. The number of nitrogens with one attached hydrogen (secondary N) is 2. The number of hydrogen-bond acceptors (Lipinski definition) is 2. The Hall–Kier alpha value is -2.82. The van der Waals surface area contributed by atoms with Crippen LogP contribution in [-0.4, -0.2) is 33.3 Å². The van der Waals surface area contributed by atoms with Gasteiger partial charge in [-0.2, -0.15) is 0 Å². The van der Waals surface area contributed by atoms with E-state index in [1.54, 1.807) is 16.9 Å². The second-order valence-electron chi connectivity index (χ2n) is 8.78. The Morgan fingerprint density at radius 3 is 1.88 bits per heavy atom. The van der Waals surface area contributed by atoms with Crippen LogP contribution in [0, 0.1) is 0 Å². The molecule has 0 spiro atoms. The molecule has 1 aliphatic heterocycles. The maximum atomic E-state index is 6.11. The van der Waals surface area contributed by atoms with Gasteiger partial charge in [0.2, 0.25) is 0 Å². The van der Waals surface area contributed by atoms with Crippen LogP contribution in [0.25, 0.3) is 0 Å². The summed E-state index contributed by atoms with van der Waals surface area (Å²) < 4.78 is 11.6. The summed E-state index contributed by atoms with van der Waals surface area (Å²) in [5, 5.41) is 0. The Morgan fingerprint density at radius 1 is 0.656 bits per heavy atom. The number of ether oxygens (including phenoxy) is 2. The predicted octanol–water partition coefficient (Wildman–Crippen LogP) is 2.32. The van der Waals surface area contributed by atoms with Gasteiger partial charge in [0.25, 0.3) is 0 Å². The van der Waals surface area contributed by atoms with Crippen molar-refractivity contribution < 1.29 is 19.3 Å². The number of aryl methyl sites for hydroxylation is 1. The van der Waals surface area contributed by atoms with E-state index in [1.165, 1.54) is 42.9 Å². The lowest BCUT2D eigenvalue weighted by atomic mass is 10.1. The van der Waals surface area contributed by atoms with Gasteiger partial charge in [-0.3, -0.25) is 0 Å². The van der Waals surface area contributed by atoms with Crippen molar-refractivity contribution in [2.75, 3.05) is 33.3 Å². The van der Waals surface area contributed by atoms with E-state index >= 15 is 0 Å². The van der Waals surface area contributed by atoms with Crippen molar-refractivity contribution in [1.29, 1.82) is 0 Å². The SMILES string of the molecule is CCc1ccc(C[NH+]2CC[NH+](Cc3ccc(OC)c(OCc4ccccc4)c3)CC2)cc1.